The van der Waals surface area contributed by atoms with Crippen molar-refractivity contribution in [1.82, 2.24) is 4.98 Å². The lowest BCUT2D eigenvalue weighted by atomic mass is 9.99. The Bertz CT molecular complexity index is 911. The van der Waals surface area contributed by atoms with Crippen LogP contribution in [0.15, 0.2) is 23.6 Å². The van der Waals surface area contributed by atoms with E-state index >= 15 is 0 Å². The standard InChI is InChI=1S/C20H20N2O4S/c1-12-4-5-13(2)15(8-12)17(23)6-7-19(25)26-10-18(24)16(9-21)20-22-14(3)11-27-20/h4-5,8,11,16H,6-7,10H2,1-3H3/t16-/m0/s1. The fourth-order valence-electron chi connectivity index (χ4n) is 2.46. The van der Waals surface area contributed by atoms with Crippen molar-refractivity contribution in [3.8, 4) is 6.07 Å². The molecular formula is C20H20N2O4S. The van der Waals surface area contributed by atoms with Crippen LogP contribution in [-0.2, 0) is 14.3 Å². The number of Topliss-reactive ketones (excluding diaryl/α,β-unsaturated/α-hetero) is 2. The Labute approximate surface area is 161 Å². The van der Waals surface area contributed by atoms with Crippen molar-refractivity contribution in [2.75, 3.05) is 6.61 Å². The molecule has 0 spiro atoms. The molecule has 1 aromatic carbocycles. The highest BCUT2D eigenvalue weighted by molar-refractivity contribution is 7.09. The SMILES string of the molecule is Cc1ccc(C)c(C(=O)CCC(=O)OCC(=O)[C@H](C#N)c2nc(C)cs2)c1. The van der Waals surface area contributed by atoms with Gasteiger partial charge < -0.3 is 4.74 Å². The number of carbonyl (C=O) groups excluding carboxylic acids is 3. The lowest BCUT2D eigenvalue weighted by molar-refractivity contribution is -0.148. The maximum absolute atomic E-state index is 12.3. The van der Waals surface area contributed by atoms with E-state index in [-0.39, 0.29) is 18.6 Å². The first kappa shape index (κ1) is 20.5. The smallest absolute Gasteiger partial charge is 0.306 e. The molecule has 2 aromatic rings. The number of aromatic nitrogens is 1. The second kappa shape index (κ2) is 9.19. The van der Waals surface area contributed by atoms with Crippen LogP contribution in [0.2, 0.25) is 0 Å². The first-order valence-corrected chi connectivity index (χ1v) is 9.30. The first-order valence-electron chi connectivity index (χ1n) is 8.42. The lowest BCUT2D eigenvalue weighted by Crippen LogP contribution is -2.20. The average Bonchev–Trinajstić information content (AvgIpc) is 3.06. The van der Waals surface area contributed by atoms with Crippen molar-refractivity contribution >= 4 is 28.9 Å². The van der Waals surface area contributed by atoms with Gasteiger partial charge in [-0.25, -0.2) is 4.98 Å². The average molecular weight is 384 g/mol. The van der Waals surface area contributed by atoms with Crippen LogP contribution in [0, 0.1) is 32.1 Å². The number of esters is 1. The van der Waals surface area contributed by atoms with E-state index in [9.17, 15) is 19.6 Å². The molecule has 0 saturated heterocycles. The van der Waals surface area contributed by atoms with E-state index < -0.39 is 24.3 Å². The Morgan fingerprint density at radius 3 is 2.59 bits per heavy atom. The van der Waals surface area contributed by atoms with E-state index in [4.69, 9.17) is 4.74 Å². The summed E-state index contributed by atoms with van der Waals surface area (Å²) in [6, 6.07) is 7.46. The fraction of sp³-hybridized carbons (Fsp3) is 0.350. The van der Waals surface area contributed by atoms with Gasteiger partial charge in [-0.2, -0.15) is 5.26 Å². The Balaban J connectivity index is 1.85. The maximum atomic E-state index is 12.3. The number of rotatable bonds is 8. The molecule has 1 heterocycles. The molecule has 27 heavy (non-hydrogen) atoms. The number of nitriles is 1. The molecule has 0 bridgehead atoms. The number of thiazole rings is 1. The van der Waals surface area contributed by atoms with Crippen molar-refractivity contribution in [2.24, 2.45) is 0 Å². The number of aryl methyl sites for hydroxylation is 3. The van der Waals surface area contributed by atoms with E-state index in [1.165, 1.54) is 11.3 Å². The number of nitrogens with zero attached hydrogens (tertiary/aromatic N) is 2. The molecule has 0 amide bonds. The van der Waals surface area contributed by atoms with Gasteiger partial charge in [-0.3, -0.25) is 14.4 Å². The van der Waals surface area contributed by atoms with Crippen LogP contribution in [0.25, 0.3) is 0 Å². The summed E-state index contributed by atoms with van der Waals surface area (Å²) >= 11 is 1.22. The van der Waals surface area contributed by atoms with Crippen molar-refractivity contribution in [3.05, 3.63) is 51.0 Å². The number of carbonyl (C=O) groups is 3. The summed E-state index contributed by atoms with van der Waals surface area (Å²) in [6.45, 7) is 5.00. The quantitative estimate of drug-likeness (QED) is 0.511. The van der Waals surface area contributed by atoms with Crippen LogP contribution in [-0.4, -0.2) is 29.1 Å². The van der Waals surface area contributed by atoms with Crippen LogP contribution in [0.3, 0.4) is 0 Å². The molecule has 1 aromatic heterocycles. The molecule has 1 atom stereocenters. The van der Waals surface area contributed by atoms with Gasteiger partial charge in [-0.1, -0.05) is 17.7 Å². The largest absolute Gasteiger partial charge is 0.458 e. The van der Waals surface area contributed by atoms with Crippen LogP contribution >= 0.6 is 11.3 Å². The summed E-state index contributed by atoms with van der Waals surface area (Å²) in [4.78, 5) is 40.4. The van der Waals surface area contributed by atoms with Crippen LogP contribution < -0.4 is 0 Å². The van der Waals surface area contributed by atoms with Gasteiger partial charge in [0.15, 0.2) is 24.1 Å². The third kappa shape index (κ3) is 5.56. The molecule has 0 saturated carbocycles. The molecule has 140 valence electrons. The highest BCUT2D eigenvalue weighted by Crippen LogP contribution is 2.21. The van der Waals surface area contributed by atoms with Gasteiger partial charge in [0, 0.05) is 23.1 Å². The minimum absolute atomic E-state index is 0.00463. The Kier molecular flexibility index (Phi) is 6.97. The zero-order valence-corrected chi connectivity index (χ0v) is 16.3. The van der Waals surface area contributed by atoms with E-state index in [2.05, 4.69) is 4.98 Å². The molecule has 7 heteroatoms. The predicted octanol–water partition coefficient (Wildman–Crippen LogP) is 3.45. The Morgan fingerprint density at radius 1 is 1.22 bits per heavy atom. The summed E-state index contributed by atoms with van der Waals surface area (Å²) in [5.74, 6) is -2.37. The zero-order valence-electron chi connectivity index (χ0n) is 15.4. The van der Waals surface area contributed by atoms with Gasteiger partial charge in [0.2, 0.25) is 0 Å². The van der Waals surface area contributed by atoms with Crippen LogP contribution in [0.4, 0.5) is 0 Å². The Hall–Kier alpha value is -2.85. The first-order chi connectivity index (χ1) is 12.8. The summed E-state index contributed by atoms with van der Waals surface area (Å²) in [6.07, 6.45) is -0.113. The topological polar surface area (TPSA) is 97.1 Å². The second-order valence-electron chi connectivity index (χ2n) is 6.26. The Morgan fingerprint density at radius 2 is 1.96 bits per heavy atom. The van der Waals surface area contributed by atoms with E-state index in [1.54, 1.807) is 18.4 Å². The molecule has 0 aliphatic carbocycles. The summed E-state index contributed by atoms with van der Waals surface area (Å²) in [5.41, 5.74) is 3.13. The summed E-state index contributed by atoms with van der Waals surface area (Å²) in [5, 5.41) is 11.3. The van der Waals surface area contributed by atoms with Gasteiger partial charge in [0.25, 0.3) is 0 Å². The van der Waals surface area contributed by atoms with Crippen LogP contribution in [0.5, 0.6) is 0 Å². The lowest BCUT2D eigenvalue weighted by Gasteiger charge is -2.08. The van der Waals surface area contributed by atoms with Crippen LogP contribution in [0.1, 0.15) is 50.9 Å². The van der Waals surface area contributed by atoms with Crippen molar-refractivity contribution in [1.29, 1.82) is 5.26 Å². The molecule has 0 aliphatic rings. The van der Waals surface area contributed by atoms with Gasteiger partial charge >= 0.3 is 5.97 Å². The summed E-state index contributed by atoms with van der Waals surface area (Å²) in [7, 11) is 0. The number of hydrogen-bond donors (Lipinski definition) is 0. The number of hydrogen-bond acceptors (Lipinski definition) is 7. The maximum Gasteiger partial charge on any atom is 0.306 e. The van der Waals surface area contributed by atoms with Gasteiger partial charge in [-0.05, 0) is 32.4 Å². The predicted molar refractivity (Wildman–Crippen MR) is 101 cm³/mol. The molecule has 0 radical (unpaired) electrons. The van der Waals surface area contributed by atoms with E-state index in [1.807, 2.05) is 32.0 Å². The molecule has 0 unspecified atom stereocenters. The molecule has 6 nitrogen and oxygen atoms in total. The zero-order chi connectivity index (χ0) is 20.0. The highest BCUT2D eigenvalue weighted by atomic mass is 32.1. The van der Waals surface area contributed by atoms with Gasteiger partial charge in [-0.15, -0.1) is 11.3 Å². The van der Waals surface area contributed by atoms with E-state index in [0.717, 1.165) is 16.8 Å². The second-order valence-corrected chi connectivity index (χ2v) is 7.15. The molecular weight excluding hydrogens is 364 g/mol. The number of ether oxygens (including phenoxy) is 1. The minimum atomic E-state index is -1.05. The third-order valence-corrected chi connectivity index (χ3v) is 4.99. The highest BCUT2D eigenvalue weighted by Gasteiger charge is 2.24. The summed E-state index contributed by atoms with van der Waals surface area (Å²) < 4.78 is 4.94. The monoisotopic (exact) mass is 384 g/mol. The molecule has 0 aliphatic heterocycles. The molecule has 0 N–H and O–H groups in total. The van der Waals surface area contributed by atoms with Gasteiger partial charge in [0.1, 0.15) is 5.01 Å². The number of benzene rings is 1. The third-order valence-electron chi connectivity index (χ3n) is 3.96. The van der Waals surface area contributed by atoms with Crippen molar-refractivity contribution in [2.45, 2.75) is 39.5 Å². The van der Waals surface area contributed by atoms with Gasteiger partial charge in [0.05, 0.1) is 12.5 Å². The minimum Gasteiger partial charge on any atom is -0.458 e. The van der Waals surface area contributed by atoms with Crippen molar-refractivity contribution in [3.63, 3.8) is 0 Å². The van der Waals surface area contributed by atoms with Crippen molar-refractivity contribution < 1.29 is 19.1 Å². The molecule has 2 rings (SSSR count). The number of ketones is 2. The normalized spacial score (nSPS) is 11.5. The fourth-order valence-corrected chi connectivity index (χ4v) is 3.32. The molecule has 0 fully saturated rings. The van der Waals surface area contributed by atoms with E-state index in [0.29, 0.717) is 10.6 Å².